The number of nitrogens with one attached hydrogen (secondary N) is 2. The van der Waals surface area contributed by atoms with Gasteiger partial charge in [-0.15, -0.1) is 0 Å². The third kappa shape index (κ3) is 3.97. The van der Waals surface area contributed by atoms with E-state index in [0.29, 0.717) is 11.4 Å². The van der Waals surface area contributed by atoms with E-state index >= 15 is 0 Å². The lowest BCUT2D eigenvalue weighted by Gasteiger charge is -2.34. The highest BCUT2D eigenvalue weighted by molar-refractivity contribution is 6.30. The highest BCUT2D eigenvalue weighted by Gasteiger charge is 2.31. The zero-order chi connectivity index (χ0) is 23.3. The van der Waals surface area contributed by atoms with Crippen LogP contribution in [-0.4, -0.2) is 65.6 Å². The first-order chi connectivity index (χ1) is 15.7. The molecule has 2 aliphatic rings. The molecule has 0 unspecified atom stereocenters. The molecule has 1 fully saturated rings. The van der Waals surface area contributed by atoms with Gasteiger partial charge in [0, 0.05) is 37.6 Å². The second kappa shape index (κ2) is 7.92. The van der Waals surface area contributed by atoms with Crippen molar-refractivity contribution in [2.45, 2.75) is 26.2 Å². The van der Waals surface area contributed by atoms with Gasteiger partial charge in [0.15, 0.2) is 0 Å². The summed E-state index contributed by atoms with van der Waals surface area (Å²) in [5.41, 5.74) is 5.59. The molecule has 0 atom stereocenters. The highest BCUT2D eigenvalue weighted by atomic mass is 16.3. The number of aromatic amines is 1. The fourth-order valence-corrected chi connectivity index (χ4v) is 4.57. The van der Waals surface area contributed by atoms with Crippen molar-refractivity contribution in [1.29, 1.82) is 5.41 Å². The number of H-pyrrole nitrogens is 1. The average Bonchev–Trinajstić information content (AvgIpc) is 3.32. The molecule has 0 aliphatic carbocycles. The van der Waals surface area contributed by atoms with Crippen molar-refractivity contribution in [3.8, 4) is 0 Å². The molecule has 3 heterocycles. The van der Waals surface area contributed by atoms with E-state index in [1.165, 1.54) is 11.3 Å². The fourth-order valence-electron chi connectivity index (χ4n) is 4.57. The number of anilines is 2. The second-order valence-corrected chi connectivity index (χ2v) is 10.1. The molecule has 0 bridgehead atoms. The van der Waals surface area contributed by atoms with E-state index in [-0.39, 0.29) is 23.6 Å². The van der Waals surface area contributed by atoms with Gasteiger partial charge in [0.25, 0.3) is 0 Å². The molecule has 2 aliphatic heterocycles. The Bertz CT molecular complexity index is 1230. The van der Waals surface area contributed by atoms with Crippen molar-refractivity contribution in [2.24, 2.45) is 0 Å². The molecule has 33 heavy (non-hydrogen) atoms. The van der Waals surface area contributed by atoms with Crippen molar-refractivity contribution in [1.82, 2.24) is 14.9 Å². The van der Waals surface area contributed by atoms with Gasteiger partial charge in [0.05, 0.1) is 23.2 Å². The number of likely N-dealkylation sites (N-methyl/N-ethyl adjacent to an activating group) is 1. The molecule has 1 aromatic heterocycles. The number of benzene rings is 2. The third-order valence-corrected chi connectivity index (χ3v) is 6.72. The average molecular weight is 445 g/mol. The smallest absolute Gasteiger partial charge is 0.145 e. The minimum Gasteiger partial charge on any atom is -0.509 e. The first-order valence-electron chi connectivity index (χ1n) is 11.5. The second-order valence-electron chi connectivity index (χ2n) is 10.1. The molecule has 2 aromatic carbocycles. The minimum atomic E-state index is 0.0693. The maximum atomic E-state index is 10.8. The summed E-state index contributed by atoms with van der Waals surface area (Å²) in [4.78, 5) is 14.6. The minimum absolute atomic E-state index is 0.0693. The first-order valence-corrected chi connectivity index (χ1v) is 11.5. The monoisotopic (exact) mass is 444 g/mol. The molecule has 0 spiro atoms. The van der Waals surface area contributed by atoms with E-state index in [1.807, 2.05) is 23.1 Å². The lowest BCUT2D eigenvalue weighted by molar-refractivity contribution is 0.313. The first kappa shape index (κ1) is 21.5. The maximum absolute atomic E-state index is 10.8. The number of aliphatic hydroxyl groups is 1. The lowest BCUT2D eigenvalue weighted by Crippen LogP contribution is -2.44. The Morgan fingerprint density at radius 2 is 1.64 bits per heavy atom. The molecule has 7 nitrogen and oxygen atoms in total. The topological polar surface area (TPSA) is 82.5 Å². The van der Waals surface area contributed by atoms with Crippen LogP contribution in [0.25, 0.3) is 16.6 Å². The van der Waals surface area contributed by atoms with Crippen LogP contribution >= 0.6 is 0 Å². The molecule has 0 radical (unpaired) electrons. The molecule has 0 saturated carbocycles. The molecule has 3 aromatic rings. The number of fused-ring (bicyclic) bond motifs is 1. The highest BCUT2D eigenvalue weighted by Crippen LogP contribution is 2.33. The van der Waals surface area contributed by atoms with Gasteiger partial charge >= 0.3 is 0 Å². The number of hydrogen-bond acceptors (Lipinski definition) is 5. The van der Waals surface area contributed by atoms with Gasteiger partial charge in [-0.3, -0.25) is 5.41 Å². The van der Waals surface area contributed by atoms with Gasteiger partial charge in [0.1, 0.15) is 17.4 Å². The predicted molar refractivity (Wildman–Crippen MR) is 136 cm³/mol. The Balaban J connectivity index is 1.40. The molecule has 1 saturated heterocycles. The predicted octanol–water partition coefficient (Wildman–Crippen LogP) is 4.38. The van der Waals surface area contributed by atoms with Crippen LogP contribution in [0.3, 0.4) is 0 Å². The quantitative estimate of drug-likeness (QED) is 0.559. The van der Waals surface area contributed by atoms with Gasteiger partial charge in [-0.2, -0.15) is 0 Å². The molecule has 3 N–H and O–H groups in total. The van der Waals surface area contributed by atoms with Gasteiger partial charge < -0.3 is 24.8 Å². The Labute approximate surface area is 194 Å². The van der Waals surface area contributed by atoms with Crippen LogP contribution in [0.4, 0.5) is 11.4 Å². The molecular weight excluding hydrogens is 412 g/mol. The van der Waals surface area contributed by atoms with Crippen molar-refractivity contribution >= 4 is 33.8 Å². The van der Waals surface area contributed by atoms with E-state index in [4.69, 9.17) is 10.4 Å². The van der Waals surface area contributed by atoms with Gasteiger partial charge in [-0.25, -0.2) is 4.98 Å². The summed E-state index contributed by atoms with van der Waals surface area (Å²) >= 11 is 0. The number of rotatable bonds is 3. The zero-order valence-corrected chi connectivity index (χ0v) is 19.8. The number of aliphatic hydroxyl groups excluding tert-OH is 1. The van der Waals surface area contributed by atoms with E-state index < -0.39 is 0 Å². The summed E-state index contributed by atoms with van der Waals surface area (Å²) in [6.45, 7) is 10.9. The van der Waals surface area contributed by atoms with Crippen molar-refractivity contribution in [2.75, 3.05) is 49.6 Å². The summed E-state index contributed by atoms with van der Waals surface area (Å²) < 4.78 is 0. The Morgan fingerprint density at radius 3 is 2.30 bits per heavy atom. The van der Waals surface area contributed by atoms with Crippen LogP contribution < -0.4 is 9.80 Å². The van der Waals surface area contributed by atoms with E-state index in [0.717, 1.165) is 42.9 Å². The Hall–Kier alpha value is -3.32. The maximum Gasteiger partial charge on any atom is 0.145 e. The van der Waals surface area contributed by atoms with Crippen molar-refractivity contribution < 1.29 is 5.11 Å². The van der Waals surface area contributed by atoms with Crippen LogP contribution in [0.5, 0.6) is 0 Å². The van der Waals surface area contributed by atoms with E-state index in [9.17, 15) is 5.11 Å². The van der Waals surface area contributed by atoms with Gasteiger partial charge in [0.2, 0.25) is 0 Å². The van der Waals surface area contributed by atoms with Crippen LogP contribution in [0, 0.1) is 5.41 Å². The molecule has 7 heteroatoms. The number of aromatic nitrogens is 2. The van der Waals surface area contributed by atoms with Crippen molar-refractivity contribution in [3.63, 3.8) is 0 Å². The summed E-state index contributed by atoms with van der Waals surface area (Å²) in [5, 5.41) is 19.5. The van der Waals surface area contributed by atoms with E-state index in [1.54, 1.807) is 0 Å². The lowest BCUT2D eigenvalue weighted by atomic mass is 9.87. The van der Waals surface area contributed by atoms with E-state index in [2.05, 4.69) is 66.9 Å². The van der Waals surface area contributed by atoms with Crippen LogP contribution in [-0.2, 0) is 5.41 Å². The zero-order valence-electron chi connectivity index (χ0n) is 19.8. The summed E-state index contributed by atoms with van der Waals surface area (Å²) in [5.74, 6) is 0.962. The van der Waals surface area contributed by atoms with Crippen molar-refractivity contribution in [3.05, 3.63) is 59.6 Å². The summed E-state index contributed by atoms with van der Waals surface area (Å²) in [7, 11) is 2.15. The molecule has 5 rings (SSSR count). The fraction of sp³-hybridized carbons (Fsp3) is 0.385. The molecule has 172 valence electrons. The normalized spacial score (nSPS) is 18.1. The Kier molecular flexibility index (Phi) is 5.16. The largest absolute Gasteiger partial charge is 0.509 e. The number of imidazole rings is 1. The third-order valence-electron chi connectivity index (χ3n) is 6.72. The standard InChI is InChI=1S/C26H32N6O/c1-26(2,3)17-5-7-18(8-6-17)32-16-22(33)23(24(32)27)25-28-20-10-9-19(15-21(20)29-25)31-13-11-30(4)12-14-31/h5-10,15,27,33H,11-14,16H2,1-4H3,(H,28,29). The van der Waals surface area contributed by atoms with Gasteiger partial charge in [-0.05, 0) is 48.4 Å². The van der Waals surface area contributed by atoms with Crippen LogP contribution in [0.1, 0.15) is 32.2 Å². The SMILES string of the molecule is CN1CCN(c2ccc3nc(C4=C(O)CN(c5ccc(C(C)(C)C)cc5)C4=N)[nH]c3c2)CC1. The number of hydrogen-bond donors (Lipinski definition) is 3. The number of amidine groups is 1. The summed E-state index contributed by atoms with van der Waals surface area (Å²) in [6.07, 6.45) is 0. The number of nitrogens with zero attached hydrogens (tertiary/aromatic N) is 4. The molecular formula is C26H32N6O. The Morgan fingerprint density at radius 1 is 0.970 bits per heavy atom. The summed E-state index contributed by atoms with van der Waals surface area (Å²) in [6, 6.07) is 14.5. The van der Waals surface area contributed by atoms with Crippen LogP contribution in [0.2, 0.25) is 0 Å². The molecule has 0 amide bonds. The van der Waals surface area contributed by atoms with Crippen LogP contribution in [0.15, 0.2) is 48.2 Å². The van der Waals surface area contributed by atoms with Gasteiger partial charge in [-0.1, -0.05) is 32.9 Å². The number of piperazine rings is 1.